The van der Waals surface area contributed by atoms with Gasteiger partial charge in [0.1, 0.15) is 0 Å². The van der Waals surface area contributed by atoms with E-state index in [2.05, 4.69) is 20.6 Å². The average Bonchev–Trinajstić information content (AvgIpc) is 2.69. The molecule has 0 aromatic heterocycles. The summed E-state index contributed by atoms with van der Waals surface area (Å²) in [6.45, 7) is 9.03. The molecule has 6 nitrogen and oxygen atoms in total. The highest BCUT2D eigenvalue weighted by molar-refractivity contribution is 5.47. The Morgan fingerprint density at radius 1 is 0.720 bits per heavy atom. The van der Waals surface area contributed by atoms with Crippen molar-refractivity contribution < 1.29 is 4.74 Å². The fourth-order valence-corrected chi connectivity index (χ4v) is 2.07. The molecule has 1 aliphatic heterocycles. The number of azo groups is 1. The first-order chi connectivity index (χ1) is 12.3. The maximum absolute atomic E-state index is 5.27. The molecule has 0 bridgehead atoms. The molecule has 25 heavy (non-hydrogen) atoms. The molecule has 1 fully saturated rings. The maximum Gasteiger partial charge on any atom is 0.0875 e. The summed E-state index contributed by atoms with van der Waals surface area (Å²) >= 11 is 0. The first kappa shape index (κ1) is 18.7. The monoisotopic (exact) mass is 339 g/mol. The largest absolute Gasteiger partial charge is 0.378 e. The summed E-state index contributed by atoms with van der Waals surface area (Å²) in [6.07, 6.45) is 0. The second-order valence-electron chi connectivity index (χ2n) is 5.31. The number of rotatable bonds is 4. The highest BCUT2D eigenvalue weighted by Crippen LogP contribution is 2.22. The van der Waals surface area contributed by atoms with E-state index in [0.717, 1.165) is 30.2 Å². The maximum atomic E-state index is 5.27. The average molecular weight is 339 g/mol. The van der Waals surface area contributed by atoms with Crippen LogP contribution in [-0.2, 0) is 4.74 Å². The van der Waals surface area contributed by atoms with Gasteiger partial charge >= 0.3 is 0 Å². The molecule has 0 saturated carbocycles. The lowest BCUT2D eigenvalue weighted by Gasteiger charge is -2.22. The molecule has 0 N–H and O–H groups in total. The van der Waals surface area contributed by atoms with Crippen LogP contribution in [0.3, 0.4) is 0 Å². The van der Waals surface area contributed by atoms with E-state index in [9.17, 15) is 0 Å². The van der Waals surface area contributed by atoms with Crippen LogP contribution >= 0.6 is 0 Å². The number of ether oxygens (including phenoxy) is 1. The summed E-state index contributed by atoms with van der Waals surface area (Å²) in [4.78, 5) is 0. The zero-order valence-electron chi connectivity index (χ0n) is 15.1. The molecule has 0 amide bonds. The molecule has 1 heterocycles. The third-order valence-electron chi connectivity index (χ3n) is 3.44. The molecule has 0 atom stereocenters. The Labute approximate surface area is 149 Å². The summed E-state index contributed by atoms with van der Waals surface area (Å²) in [5.41, 5.74) is 3.63. The molecule has 2 aromatic rings. The summed E-state index contributed by atoms with van der Waals surface area (Å²) < 4.78 is 5.27. The minimum atomic E-state index is 0.706. The Balaban J connectivity index is 0.00000109. The van der Waals surface area contributed by atoms with Crippen molar-refractivity contribution in [2.24, 2.45) is 20.6 Å². The lowest BCUT2D eigenvalue weighted by molar-refractivity contribution is 0.0354. The van der Waals surface area contributed by atoms with Crippen LogP contribution in [0.5, 0.6) is 0 Å². The van der Waals surface area contributed by atoms with E-state index in [1.165, 1.54) is 5.56 Å². The van der Waals surface area contributed by atoms with Gasteiger partial charge in [0.2, 0.25) is 0 Å². The number of nitrogens with zero attached hydrogens (tertiary/aromatic N) is 5. The van der Waals surface area contributed by atoms with Gasteiger partial charge in [0.05, 0.1) is 43.4 Å². The van der Waals surface area contributed by atoms with Crippen molar-refractivity contribution in [3.05, 3.63) is 54.1 Å². The SMILES string of the molecule is CC.Cc1ccc(N=Nc2ccc(N=NN3CCOCC3)cc2)cc1. The zero-order valence-corrected chi connectivity index (χ0v) is 15.1. The summed E-state index contributed by atoms with van der Waals surface area (Å²) in [7, 11) is 0. The van der Waals surface area contributed by atoms with Gasteiger partial charge in [0.15, 0.2) is 0 Å². The minimum Gasteiger partial charge on any atom is -0.378 e. The van der Waals surface area contributed by atoms with Gasteiger partial charge in [-0.1, -0.05) is 36.8 Å². The summed E-state index contributed by atoms with van der Waals surface area (Å²) in [5.74, 6) is 0. The minimum absolute atomic E-state index is 0.706. The zero-order chi connectivity index (χ0) is 17.9. The van der Waals surface area contributed by atoms with Crippen molar-refractivity contribution in [3.63, 3.8) is 0 Å². The number of hydrogen-bond acceptors (Lipinski definition) is 5. The molecule has 0 radical (unpaired) electrons. The van der Waals surface area contributed by atoms with Crippen molar-refractivity contribution >= 4 is 17.1 Å². The quantitative estimate of drug-likeness (QED) is 0.664. The standard InChI is InChI=1S/C17H19N5O.C2H6/c1-14-2-4-15(5-3-14)18-19-16-6-8-17(9-7-16)20-21-22-10-12-23-13-11-22;1-2/h2-9H,10-13H2,1H3;1-2H3. The molecule has 0 aliphatic carbocycles. The number of hydrogen-bond donors (Lipinski definition) is 0. The molecule has 0 spiro atoms. The van der Waals surface area contributed by atoms with E-state index in [1.807, 2.05) is 74.3 Å². The number of aryl methyl sites for hydroxylation is 1. The van der Waals surface area contributed by atoms with Crippen LogP contribution in [0.2, 0.25) is 0 Å². The summed E-state index contributed by atoms with van der Waals surface area (Å²) in [5, 5.41) is 18.8. The molecule has 132 valence electrons. The van der Waals surface area contributed by atoms with Crippen molar-refractivity contribution in [3.8, 4) is 0 Å². The Hall–Kier alpha value is -2.60. The van der Waals surface area contributed by atoms with E-state index in [0.29, 0.717) is 13.2 Å². The normalized spacial score (nSPS) is 14.6. The van der Waals surface area contributed by atoms with Gasteiger partial charge in [0, 0.05) is 0 Å². The van der Waals surface area contributed by atoms with Gasteiger partial charge in [-0.3, -0.25) is 5.01 Å². The third-order valence-corrected chi connectivity index (χ3v) is 3.44. The van der Waals surface area contributed by atoms with Gasteiger partial charge < -0.3 is 4.74 Å². The third kappa shape index (κ3) is 6.43. The lowest BCUT2D eigenvalue weighted by Crippen LogP contribution is -2.31. The molecule has 3 rings (SSSR count). The van der Waals surface area contributed by atoms with E-state index >= 15 is 0 Å². The van der Waals surface area contributed by atoms with Crippen LogP contribution in [0.4, 0.5) is 17.1 Å². The second kappa shape index (κ2) is 10.3. The van der Waals surface area contributed by atoms with Gasteiger partial charge in [-0.25, -0.2) is 0 Å². The van der Waals surface area contributed by atoms with Crippen molar-refractivity contribution in [1.29, 1.82) is 0 Å². The Morgan fingerprint density at radius 3 is 1.68 bits per heavy atom. The van der Waals surface area contributed by atoms with E-state index in [4.69, 9.17) is 4.74 Å². The van der Waals surface area contributed by atoms with Crippen LogP contribution in [0.25, 0.3) is 0 Å². The van der Waals surface area contributed by atoms with E-state index in [1.54, 1.807) is 0 Å². The molecular formula is C19H25N5O. The molecular weight excluding hydrogens is 314 g/mol. The van der Waals surface area contributed by atoms with Gasteiger partial charge in [-0.15, -0.1) is 5.11 Å². The first-order valence-electron chi connectivity index (χ1n) is 8.62. The molecule has 1 aliphatic rings. The molecule has 6 heteroatoms. The van der Waals surface area contributed by atoms with Crippen LogP contribution < -0.4 is 0 Å². The second-order valence-corrected chi connectivity index (χ2v) is 5.31. The van der Waals surface area contributed by atoms with Crippen LogP contribution in [-0.4, -0.2) is 31.3 Å². The van der Waals surface area contributed by atoms with E-state index in [-0.39, 0.29) is 0 Å². The van der Waals surface area contributed by atoms with Crippen LogP contribution in [0.1, 0.15) is 19.4 Å². The van der Waals surface area contributed by atoms with Gasteiger partial charge in [-0.05, 0) is 43.3 Å². The fraction of sp³-hybridized carbons (Fsp3) is 0.368. The predicted octanol–water partition coefficient (Wildman–Crippen LogP) is 5.77. The molecule has 1 saturated heterocycles. The van der Waals surface area contributed by atoms with Crippen molar-refractivity contribution in [1.82, 2.24) is 5.01 Å². The number of morpholine rings is 1. The van der Waals surface area contributed by atoms with Gasteiger partial charge in [-0.2, -0.15) is 10.2 Å². The van der Waals surface area contributed by atoms with Gasteiger partial charge in [0.25, 0.3) is 0 Å². The smallest absolute Gasteiger partial charge is 0.0875 e. The molecule has 2 aromatic carbocycles. The summed E-state index contributed by atoms with van der Waals surface area (Å²) in [6, 6.07) is 15.5. The van der Waals surface area contributed by atoms with Crippen molar-refractivity contribution in [2.75, 3.05) is 26.3 Å². The highest BCUT2D eigenvalue weighted by Gasteiger charge is 2.06. The lowest BCUT2D eigenvalue weighted by atomic mass is 10.2. The van der Waals surface area contributed by atoms with E-state index < -0.39 is 0 Å². The Morgan fingerprint density at radius 2 is 1.16 bits per heavy atom. The fourth-order valence-electron chi connectivity index (χ4n) is 2.07. The molecule has 0 unspecified atom stereocenters. The first-order valence-corrected chi connectivity index (χ1v) is 8.62. The Kier molecular flexibility index (Phi) is 7.72. The van der Waals surface area contributed by atoms with Crippen LogP contribution in [0, 0.1) is 6.92 Å². The van der Waals surface area contributed by atoms with Crippen molar-refractivity contribution in [2.45, 2.75) is 20.8 Å². The topological polar surface area (TPSA) is 61.9 Å². The Bertz CT molecular complexity index is 674. The highest BCUT2D eigenvalue weighted by atomic mass is 16.5. The number of benzene rings is 2. The predicted molar refractivity (Wildman–Crippen MR) is 100 cm³/mol. The van der Waals surface area contributed by atoms with Crippen LogP contribution in [0.15, 0.2) is 69.1 Å².